The molecule has 7 nitrogen and oxygen atoms in total. The average molecular weight is 510 g/mol. The molecule has 0 N–H and O–H groups in total. The number of ether oxygens (including phenoxy) is 1. The van der Waals surface area contributed by atoms with Crippen LogP contribution >= 0.6 is 12.4 Å². The van der Waals surface area contributed by atoms with Crippen molar-refractivity contribution in [2.75, 3.05) is 36.0 Å². The van der Waals surface area contributed by atoms with E-state index in [9.17, 15) is 4.79 Å². The monoisotopic (exact) mass is 509 g/mol. The predicted molar refractivity (Wildman–Crippen MR) is 146 cm³/mol. The molecule has 8 heteroatoms. The number of piperidine rings is 1. The quantitative estimate of drug-likeness (QED) is 0.402. The van der Waals surface area contributed by atoms with Crippen molar-refractivity contribution in [2.45, 2.75) is 58.9 Å². The Morgan fingerprint density at radius 2 is 1.81 bits per heavy atom. The van der Waals surface area contributed by atoms with E-state index >= 15 is 0 Å². The molecule has 0 saturated carbocycles. The smallest absolute Gasteiger partial charge is 0.306 e. The largest absolute Gasteiger partial charge is 0.466 e. The van der Waals surface area contributed by atoms with Crippen LogP contribution in [0.3, 0.4) is 0 Å². The molecule has 3 aromatic rings. The first kappa shape index (κ1) is 26.1. The Kier molecular flexibility index (Phi) is 8.29. The van der Waals surface area contributed by atoms with Gasteiger partial charge < -0.3 is 14.5 Å². The van der Waals surface area contributed by atoms with E-state index in [1.165, 1.54) is 16.7 Å². The second-order valence-electron chi connectivity index (χ2n) is 9.98. The van der Waals surface area contributed by atoms with Crippen LogP contribution < -0.4 is 9.80 Å². The molecule has 2 atom stereocenters. The van der Waals surface area contributed by atoms with Gasteiger partial charge in [-0.05, 0) is 70.1 Å². The van der Waals surface area contributed by atoms with E-state index < -0.39 is 0 Å². The third-order valence-corrected chi connectivity index (χ3v) is 7.23. The molecule has 0 radical (unpaired) electrons. The summed E-state index contributed by atoms with van der Waals surface area (Å²) in [6.07, 6.45) is 6.57. The summed E-state index contributed by atoms with van der Waals surface area (Å²) < 4.78 is 5.19. The number of nitrogens with zero attached hydrogens (tertiary/aromatic N) is 5. The minimum atomic E-state index is -0.116. The number of anilines is 2. The minimum Gasteiger partial charge on any atom is -0.466 e. The van der Waals surface area contributed by atoms with Crippen molar-refractivity contribution < 1.29 is 9.53 Å². The summed E-state index contributed by atoms with van der Waals surface area (Å²) in [5, 5.41) is 10.6. The number of benzene rings is 1. The number of pyridine rings is 1. The van der Waals surface area contributed by atoms with Crippen LogP contribution in [0, 0.1) is 19.8 Å². The highest BCUT2D eigenvalue weighted by atomic mass is 35.5. The maximum absolute atomic E-state index is 12.1. The molecule has 36 heavy (non-hydrogen) atoms. The highest BCUT2D eigenvalue weighted by molar-refractivity contribution is 5.96. The molecule has 5 rings (SSSR count). The molecule has 0 aliphatic carbocycles. The van der Waals surface area contributed by atoms with Crippen molar-refractivity contribution in [3.05, 3.63) is 53.2 Å². The lowest BCUT2D eigenvalue weighted by Crippen LogP contribution is -2.37. The molecule has 0 spiro atoms. The number of esters is 1. The van der Waals surface area contributed by atoms with E-state index in [0.29, 0.717) is 19.1 Å². The number of aryl methyl sites for hydroxylation is 2. The molecule has 2 fully saturated rings. The number of carbonyl (C=O) groups excluding carboxylic acids is 1. The van der Waals surface area contributed by atoms with E-state index in [0.717, 1.165) is 67.9 Å². The first-order valence-corrected chi connectivity index (χ1v) is 12.9. The van der Waals surface area contributed by atoms with Crippen LogP contribution in [-0.2, 0) is 9.53 Å². The van der Waals surface area contributed by atoms with Gasteiger partial charge in [0.15, 0.2) is 11.6 Å². The molecule has 4 heterocycles. The molecule has 2 aliphatic heterocycles. The summed E-state index contributed by atoms with van der Waals surface area (Å²) in [7, 11) is 0. The summed E-state index contributed by atoms with van der Waals surface area (Å²) in [6, 6.07) is 11.2. The number of halogens is 1. The van der Waals surface area contributed by atoms with Crippen molar-refractivity contribution in [1.82, 2.24) is 15.2 Å². The van der Waals surface area contributed by atoms with Crippen LogP contribution in [0.15, 0.2) is 36.5 Å². The van der Waals surface area contributed by atoms with Gasteiger partial charge in [-0.15, -0.1) is 22.6 Å². The Balaban J connectivity index is 0.00000304. The maximum Gasteiger partial charge on any atom is 0.306 e. The molecule has 0 unspecified atom stereocenters. The van der Waals surface area contributed by atoms with E-state index in [1.54, 1.807) is 0 Å². The van der Waals surface area contributed by atoms with Gasteiger partial charge in [-0.3, -0.25) is 9.78 Å². The first-order chi connectivity index (χ1) is 17.0. The Bertz CT molecular complexity index is 1200. The Morgan fingerprint density at radius 3 is 2.58 bits per heavy atom. The van der Waals surface area contributed by atoms with Gasteiger partial charge in [0.1, 0.15) is 5.52 Å². The van der Waals surface area contributed by atoms with Crippen LogP contribution in [0.2, 0.25) is 0 Å². The molecular weight excluding hydrogens is 474 g/mol. The van der Waals surface area contributed by atoms with Gasteiger partial charge in [-0.1, -0.05) is 29.3 Å². The van der Waals surface area contributed by atoms with Gasteiger partial charge in [0.2, 0.25) is 0 Å². The second kappa shape index (κ2) is 11.4. The molecule has 0 amide bonds. The van der Waals surface area contributed by atoms with E-state index in [-0.39, 0.29) is 24.3 Å². The van der Waals surface area contributed by atoms with Crippen molar-refractivity contribution in [2.24, 2.45) is 5.92 Å². The van der Waals surface area contributed by atoms with Crippen molar-refractivity contribution in [3.8, 4) is 0 Å². The molecule has 2 aliphatic rings. The normalized spacial score (nSPS) is 19.9. The summed E-state index contributed by atoms with van der Waals surface area (Å²) in [5.41, 5.74) is 4.82. The van der Waals surface area contributed by atoms with Gasteiger partial charge in [-0.2, -0.15) is 0 Å². The third-order valence-electron chi connectivity index (χ3n) is 7.23. The van der Waals surface area contributed by atoms with Gasteiger partial charge in [0.25, 0.3) is 0 Å². The fraction of sp³-hybridized carbons (Fsp3) is 0.500. The van der Waals surface area contributed by atoms with Crippen LogP contribution in [0.1, 0.15) is 61.8 Å². The van der Waals surface area contributed by atoms with Crippen molar-refractivity contribution in [3.63, 3.8) is 0 Å². The first-order valence-electron chi connectivity index (χ1n) is 12.9. The summed E-state index contributed by atoms with van der Waals surface area (Å²) in [5.74, 6) is 1.88. The van der Waals surface area contributed by atoms with E-state index in [1.807, 2.05) is 19.2 Å². The zero-order valence-corrected chi connectivity index (χ0v) is 22.3. The number of rotatable bonds is 6. The fourth-order valence-corrected chi connectivity index (χ4v) is 5.83. The van der Waals surface area contributed by atoms with Crippen molar-refractivity contribution >= 4 is 40.9 Å². The second-order valence-corrected chi connectivity index (χ2v) is 9.98. The summed E-state index contributed by atoms with van der Waals surface area (Å²) in [6.45, 7) is 9.24. The summed E-state index contributed by atoms with van der Waals surface area (Å²) >= 11 is 0. The molecule has 2 aromatic heterocycles. The Morgan fingerprint density at radius 1 is 1.06 bits per heavy atom. The third kappa shape index (κ3) is 5.41. The van der Waals surface area contributed by atoms with Crippen LogP contribution in [-0.4, -0.2) is 47.4 Å². The lowest BCUT2D eigenvalue weighted by Gasteiger charge is -2.34. The van der Waals surface area contributed by atoms with E-state index in [4.69, 9.17) is 19.9 Å². The van der Waals surface area contributed by atoms with Gasteiger partial charge in [-0.25, -0.2) is 0 Å². The number of hydrogen-bond donors (Lipinski definition) is 0. The lowest BCUT2D eigenvalue weighted by molar-refractivity contribution is -0.144. The van der Waals surface area contributed by atoms with Crippen molar-refractivity contribution in [1.29, 1.82) is 0 Å². The highest BCUT2D eigenvalue weighted by Crippen LogP contribution is 2.40. The summed E-state index contributed by atoms with van der Waals surface area (Å²) in [4.78, 5) is 21.5. The maximum atomic E-state index is 12.1. The topological polar surface area (TPSA) is 71.5 Å². The van der Waals surface area contributed by atoms with Crippen LogP contribution in [0.25, 0.3) is 10.9 Å². The molecule has 2 saturated heterocycles. The predicted octanol–water partition coefficient (Wildman–Crippen LogP) is 5.57. The molecule has 1 aromatic carbocycles. The zero-order chi connectivity index (χ0) is 24.4. The van der Waals surface area contributed by atoms with E-state index in [2.05, 4.69) is 47.9 Å². The fourth-order valence-electron chi connectivity index (χ4n) is 5.83. The zero-order valence-electron chi connectivity index (χ0n) is 21.4. The SMILES string of the molecule is CCOC(=O)C[C@H]1CCCN(c2nnc(N3CCC[C@H]3c3cc(C)cc(C)c3)c3cccnc23)C1.Cl. The molecular formula is C28H36ClN5O2. The highest BCUT2D eigenvalue weighted by Gasteiger charge is 2.31. The molecule has 192 valence electrons. The van der Waals surface area contributed by atoms with Crippen LogP contribution in [0.4, 0.5) is 11.6 Å². The van der Waals surface area contributed by atoms with Gasteiger partial charge in [0.05, 0.1) is 19.1 Å². The minimum absolute atomic E-state index is 0. The number of hydrogen-bond acceptors (Lipinski definition) is 7. The average Bonchev–Trinajstić information content (AvgIpc) is 3.33. The number of aromatic nitrogens is 3. The van der Waals surface area contributed by atoms with Gasteiger partial charge >= 0.3 is 5.97 Å². The Labute approximate surface area is 219 Å². The van der Waals surface area contributed by atoms with Crippen LogP contribution in [0.5, 0.6) is 0 Å². The standard InChI is InChI=1S/C28H35N5O2.ClH/c1-4-35-25(34)17-21-8-6-12-32(18-21)28-26-23(9-5-11-29-26)27(30-31-28)33-13-7-10-24(33)22-15-19(2)14-20(3)16-22;/h5,9,11,14-16,21,24H,4,6-8,10,12-13,17-18H2,1-3H3;1H/t21-,24+;/m1./s1. The number of fused-ring (bicyclic) bond motifs is 1. The lowest BCUT2D eigenvalue weighted by atomic mass is 9.94. The Hall–Kier alpha value is -2.93. The number of carbonyl (C=O) groups is 1. The molecule has 0 bridgehead atoms. The van der Waals surface area contributed by atoms with Gasteiger partial charge in [0, 0.05) is 31.2 Å².